The molecule has 1 heterocycles. The van der Waals surface area contributed by atoms with Gasteiger partial charge in [-0.3, -0.25) is 0 Å². The third-order valence-corrected chi connectivity index (χ3v) is 1.43. The number of carboxylic acid groups (broad SMARTS) is 1. The van der Waals surface area contributed by atoms with E-state index in [0.717, 1.165) is 6.08 Å². The van der Waals surface area contributed by atoms with E-state index in [1.165, 1.54) is 12.3 Å². The number of aromatic hydroxyl groups is 1. The van der Waals surface area contributed by atoms with Crippen LogP contribution in [-0.2, 0) is 4.79 Å². The van der Waals surface area contributed by atoms with Crippen LogP contribution in [0.4, 0.5) is 0 Å². The molecule has 1 aromatic rings. The monoisotopic (exact) mass is 167 g/mol. The van der Waals surface area contributed by atoms with Gasteiger partial charge in [0.15, 0.2) is 0 Å². The van der Waals surface area contributed by atoms with Crippen LogP contribution < -0.4 is 0 Å². The van der Waals surface area contributed by atoms with Crippen LogP contribution in [0, 0.1) is 0 Å². The maximum absolute atomic E-state index is 10.2. The standard InChI is InChI=1S/C8H9NO3/c1-5(2-8(11)12)7-3-6(10)4-9-7/h2-4,9-10H,1H3,(H,11,12). The van der Waals surface area contributed by atoms with Crippen LogP contribution in [0.15, 0.2) is 18.3 Å². The van der Waals surface area contributed by atoms with Crippen molar-refractivity contribution in [2.45, 2.75) is 6.92 Å². The molecule has 1 aromatic heterocycles. The first-order chi connectivity index (χ1) is 5.59. The lowest BCUT2D eigenvalue weighted by molar-refractivity contribution is -0.131. The van der Waals surface area contributed by atoms with Gasteiger partial charge < -0.3 is 15.2 Å². The van der Waals surface area contributed by atoms with Gasteiger partial charge >= 0.3 is 5.97 Å². The molecule has 3 N–H and O–H groups in total. The normalized spacial score (nSPS) is 11.6. The van der Waals surface area contributed by atoms with Crippen molar-refractivity contribution in [1.29, 1.82) is 0 Å². The molecule has 0 aliphatic rings. The predicted octanol–water partition coefficient (Wildman–Crippen LogP) is 1.21. The number of nitrogens with one attached hydrogen (secondary N) is 1. The Hall–Kier alpha value is -1.71. The maximum atomic E-state index is 10.2. The highest BCUT2D eigenvalue weighted by Gasteiger charge is 2.00. The van der Waals surface area contributed by atoms with Crippen molar-refractivity contribution in [3.8, 4) is 5.75 Å². The van der Waals surface area contributed by atoms with Crippen molar-refractivity contribution in [3.05, 3.63) is 24.0 Å². The lowest BCUT2D eigenvalue weighted by atomic mass is 10.2. The SMILES string of the molecule is CC(=CC(=O)O)c1cc(O)c[nH]1. The number of aromatic nitrogens is 1. The number of hydrogen-bond acceptors (Lipinski definition) is 2. The quantitative estimate of drug-likeness (QED) is 0.579. The van der Waals surface area contributed by atoms with E-state index >= 15 is 0 Å². The lowest BCUT2D eigenvalue weighted by Gasteiger charge is -1.92. The van der Waals surface area contributed by atoms with Gasteiger partial charge in [0.05, 0.1) is 0 Å². The molecule has 0 amide bonds. The molecule has 0 bridgehead atoms. The number of allylic oxidation sites excluding steroid dienone is 1. The summed E-state index contributed by atoms with van der Waals surface area (Å²) in [6.07, 6.45) is 2.47. The Labute approximate surface area is 69.2 Å². The second-order valence-electron chi connectivity index (χ2n) is 2.44. The van der Waals surface area contributed by atoms with E-state index in [1.807, 2.05) is 0 Å². The summed E-state index contributed by atoms with van der Waals surface area (Å²) in [4.78, 5) is 13.0. The van der Waals surface area contributed by atoms with E-state index in [2.05, 4.69) is 4.98 Å². The van der Waals surface area contributed by atoms with Crippen molar-refractivity contribution in [3.63, 3.8) is 0 Å². The van der Waals surface area contributed by atoms with Crippen molar-refractivity contribution in [1.82, 2.24) is 4.98 Å². The Morgan fingerprint density at radius 1 is 1.67 bits per heavy atom. The molecule has 0 spiro atoms. The summed E-state index contributed by atoms with van der Waals surface area (Å²) in [5.74, 6) is -0.898. The summed E-state index contributed by atoms with van der Waals surface area (Å²) in [5, 5.41) is 17.3. The third-order valence-electron chi connectivity index (χ3n) is 1.43. The van der Waals surface area contributed by atoms with E-state index in [0.29, 0.717) is 11.3 Å². The Morgan fingerprint density at radius 2 is 2.33 bits per heavy atom. The molecule has 0 saturated heterocycles. The summed E-state index contributed by atoms with van der Waals surface area (Å²) in [5.41, 5.74) is 1.18. The van der Waals surface area contributed by atoms with Gasteiger partial charge in [0.2, 0.25) is 0 Å². The number of hydrogen-bond donors (Lipinski definition) is 3. The van der Waals surface area contributed by atoms with Crippen molar-refractivity contribution in [2.75, 3.05) is 0 Å². The number of carboxylic acids is 1. The van der Waals surface area contributed by atoms with Crippen LogP contribution in [-0.4, -0.2) is 21.2 Å². The number of carbonyl (C=O) groups is 1. The highest BCUT2D eigenvalue weighted by atomic mass is 16.4. The molecule has 0 atom stereocenters. The van der Waals surface area contributed by atoms with Crippen LogP contribution in [0.25, 0.3) is 5.57 Å². The molecule has 0 unspecified atom stereocenters. The molecule has 0 fully saturated rings. The van der Waals surface area contributed by atoms with Crippen LogP contribution in [0.5, 0.6) is 5.75 Å². The highest BCUT2D eigenvalue weighted by molar-refractivity contribution is 5.89. The molecule has 0 aromatic carbocycles. The third kappa shape index (κ3) is 1.88. The van der Waals surface area contributed by atoms with Gasteiger partial charge in [0, 0.05) is 24.0 Å². The smallest absolute Gasteiger partial charge is 0.328 e. The Balaban J connectivity index is 2.91. The summed E-state index contributed by atoms with van der Waals surface area (Å²) >= 11 is 0. The van der Waals surface area contributed by atoms with E-state index in [4.69, 9.17) is 10.2 Å². The fraction of sp³-hybridized carbons (Fsp3) is 0.125. The Morgan fingerprint density at radius 3 is 2.75 bits per heavy atom. The van der Waals surface area contributed by atoms with Gasteiger partial charge in [-0.2, -0.15) is 0 Å². The molecule has 0 aliphatic carbocycles. The Bertz CT molecular complexity index is 325. The van der Waals surface area contributed by atoms with Crippen LogP contribution in [0.3, 0.4) is 0 Å². The summed E-state index contributed by atoms with van der Waals surface area (Å²) < 4.78 is 0. The second-order valence-corrected chi connectivity index (χ2v) is 2.44. The minimum Gasteiger partial charge on any atom is -0.506 e. The predicted molar refractivity (Wildman–Crippen MR) is 43.7 cm³/mol. The van der Waals surface area contributed by atoms with Gasteiger partial charge in [0.1, 0.15) is 5.75 Å². The number of H-pyrrole nitrogens is 1. The number of aromatic amines is 1. The summed E-state index contributed by atoms with van der Waals surface area (Å²) in [6.45, 7) is 1.65. The molecule has 64 valence electrons. The van der Waals surface area contributed by atoms with Gasteiger partial charge in [0.25, 0.3) is 0 Å². The molecule has 0 radical (unpaired) electrons. The molecule has 1 rings (SSSR count). The Kier molecular flexibility index (Phi) is 2.19. The summed E-state index contributed by atoms with van der Waals surface area (Å²) in [6, 6.07) is 1.47. The zero-order valence-corrected chi connectivity index (χ0v) is 6.53. The van der Waals surface area contributed by atoms with Crippen molar-refractivity contribution >= 4 is 11.5 Å². The fourth-order valence-electron chi connectivity index (χ4n) is 0.874. The van der Waals surface area contributed by atoms with Crippen molar-refractivity contribution < 1.29 is 15.0 Å². The molecule has 4 nitrogen and oxygen atoms in total. The molecule has 0 saturated carbocycles. The topological polar surface area (TPSA) is 73.3 Å². The van der Waals surface area contributed by atoms with Crippen LogP contribution in [0.2, 0.25) is 0 Å². The number of rotatable bonds is 2. The van der Waals surface area contributed by atoms with Gasteiger partial charge in [-0.05, 0) is 12.5 Å². The molecule has 0 aliphatic heterocycles. The minimum absolute atomic E-state index is 0.100. The van der Waals surface area contributed by atoms with Crippen molar-refractivity contribution in [2.24, 2.45) is 0 Å². The maximum Gasteiger partial charge on any atom is 0.328 e. The van der Waals surface area contributed by atoms with E-state index in [1.54, 1.807) is 6.92 Å². The second kappa shape index (κ2) is 3.13. The van der Waals surface area contributed by atoms with Gasteiger partial charge in [-0.15, -0.1) is 0 Å². The number of aliphatic carboxylic acids is 1. The van der Waals surface area contributed by atoms with E-state index < -0.39 is 5.97 Å². The average molecular weight is 167 g/mol. The van der Waals surface area contributed by atoms with Gasteiger partial charge in [-0.25, -0.2) is 4.79 Å². The zero-order valence-electron chi connectivity index (χ0n) is 6.53. The first-order valence-corrected chi connectivity index (χ1v) is 3.38. The largest absolute Gasteiger partial charge is 0.506 e. The molecule has 12 heavy (non-hydrogen) atoms. The minimum atomic E-state index is -0.999. The van der Waals surface area contributed by atoms with Gasteiger partial charge in [-0.1, -0.05) is 0 Å². The molecule has 4 heteroatoms. The highest BCUT2D eigenvalue weighted by Crippen LogP contribution is 2.17. The van der Waals surface area contributed by atoms with Crippen LogP contribution >= 0.6 is 0 Å². The molecular weight excluding hydrogens is 158 g/mol. The first-order valence-electron chi connectivity index (χ1n) is 3.38. The van der Waals surface area contributed by atoms with E-state index in [9.17, 15) is 4.79 Å². The zero-order chi connectivity index (χ0) is 9.14. The van der Waals surface area contributed by atoms with E-state index in [-0.39, 0.29) is 5.75 Å². The summed E-state index contributed by atoms with van der Waals surface area (Å²) in [7, 11) is 0. The van der Waals surface area contributed by atoms with Crippen LogP contribution in [0.1, 0.15) is 12.6 Å². The first kappa shape index (κ1) is 8.39. The fourth-order valence-corrected chi connectivity index (χ4v) is 0.874. The molecular formula is C8H9NO3. The average Bonchev–Trinajstić information content (AvgIpc) is 2.34. The lowest BCUT2D eigenvalue weighted by Crippen LogP contribution is -1.89.